The molecule has 2 heterocycles. The van der Waals surface area contributed by atoms with E-state index in [1.54, 1.807) is 4.90 Å². The highest BCUT2D eigenvalue weighted by Crippen LogP contribution is 2.31. The number of halogens is 4. The van der Waals surface area contributed by atoms with Gasteiger partial charge in [-0.05, 0) is 61.4 Å². The van der Waals surface area contributed by atoms with Crippen molar-refractivity contribution in [2.75, 3.05) is 13.1 Å². The lowest BCUT2D eigenvalue weighted by Crippen LogP contribution is -2.39. The Kier molecular flexibility index (Phi) is 5.64. The highest BCUT2D eigenvalue weighted by Gasteiger charge is 2.32. The van der Waals surface area contributed by atoms with E-state index in [0.717, 1.165) is 35.0 Å². The number of hydrogen-bond acceptors (Lipinski definition) is 4. The number of amides is 1. The van der Waals surface area contributed by atoms with Gasteiger partial charge in [-0.2, -0.15) is 18.2 Å². The number of likely N-dealkylation sites (tertiary alicyclic amines) is 1. The molecule has 0 spiro atoms. The van der Waals surface area contributed by atoms with Crippen molar-refractivity contribution in [1.29, 1.82) is 0 Å². The minimum Gasteiger partial charge on any atom is -0.339 e. The molecule has 0 N–H and O–H groups in total. The van der Waals surface area contributed by atoms with Gasteiger partial charge in [-0.3, -0.25) is 4.79 Å². The number of alkyl halides is 3. The van der Waals surface area contributed by atoms with Crippen LogP contribution < -0.4 is 0 Å². The average Bonchev–Trinajstić information content (AvgIpc) is 3.24. The van der Waals surface area contributed by atoms with E-state index in [2.05, 4.69) is 26.1 Å². The summed E-state index contributed by atoms with van der Waals surface area (Å²) in [6.07, 6.45) is -2.89. The Morgan fingerprint density at radius 2 is 1.80 bits per heavy atom. The summed E-state index contributed by atoms with van der Waals surface area (Å²) < 4.78 is 44.6. The number of nitrogens with zero attached hydrogens (tertiary/aromatic N) is 3. The monoisotopic (exact) mass is 479 g/mol. The van der Waals surface area contributed by atoms with Gasteiger partial charge in [-0.25, -0.2) is 0 Å². The summed E-state index contributed by atoms with van der Waals surface area (Å²) in [5, 5.41) is 4.04. The molecule has 1 aliphatic rings. The molecule has 0 saturated carbocycles. The van der Waals surface area contributed by atoms with Gasteiger partial charge in [0.2, 0.25) is 11.7 Å². The van der Waals surface area contributed by atoms with E-state index in [-0.39, 0.29) is 17.4 Å². The Morgan fingerprint density at radius 1 is 1.10 bits per heavy atom. The maximum atomic E-state index is 12.8. The Balaban J connectivity index is 1.47. The SMILES string of the molecule is O=C(c1ccc(C(F)(F)F)cc1)N1CCCC(c2nc(-c3ccc(Br)cc3)no2)C1. The molecule has 30 heavy (non-hydrogen) atoms. The molecular weight excluding hydrogens is 463 g/mol. The normalized spacial score (nSPS) is 17.2. The van der Waals surface area contributed by atoms with Gasteiger partial charge in [0.1, 0.15) is 0 Å². The number of carbonyl (C=O) groups is 1. The standard InChI is InChI=1S/C21H17BrF3N3O2/c22-17-9-5-13(6-10-17)18-26-19(30-27-18)15-2-1-11-28(12-15)20(29)14-3-7-16(8-4-14)21(23,24)25/h3-10,15H,1-2,11-12H2. The molecule has 1 atom stereocenters. The van der Waals surface area contributed by atoms with Crippen LogP contribution in [0.15, 0.2) is 57.5 Å². The predicted molar refractivity (Wildman–Crippen MR) is 107 cm³/mol. The Hall–Kier alpha value is -2.68. The van der Waals surface area contributed by atoms with Crippen LogP contribution in [0, 0.1) is 0 Å². The van der Waals surface area contributed by atoms with Crippen LogP contribution in [-0.4, -0.2) is 34.0 Å². The minimum absolute atomic E-state index is 0.117. The van der Waals surface area contributed by atoms with Crippen LogP contribution in [0.4, 0.5) is 13.2 Å². The van der Waals surface area contributed by atoms with E-state index in [4.69, 9.17) is 4.52 Å². The number of hydrogen-bond donors (Lipinski definition) is 0. The predicted octanol–water partition coefficient (Wildman–Crippen LogP) is 5.54. The van der Waals surface area contributed by atoms with Gasteiger partial charge >= 0.3 is 6.18 Å². The molecule has 156 valence electrons. The smallest absolute Gasteiger partial charge is 0.339 e. The zero-order valence-corrected chi connectivity index (χ0v) is 17.3. The fraction of sp³-hybridized carbons (Fsp3) is 0.286. The van der Waals surface area contributed by atoms with Crippen LogP contribution in [0.2, 0.25) is 0 Å². The van der Waals surface area contributed by atoms with E-state index < -0.39 is 11.7 Å². The van der Waals surface area contributed by atoms with E-state index >= 15 is 0 Å². The van der Waals surface area contributed by atoms with E-state index in [1.807, 2.05) is 24.3 Å². The first-order valence-corrected chi connectivity index (χ1v) is 10.2. The Labute approximate surface area is 179 Å². The summed E-state index contributed by atoms with van der Waals surface area (Å²) in [5.74, 6) is 0.511. The number of carbonyl (C=O) groups excluding carboxylic acids is 1. The Morgan fingerprint density at radius 3 is 2.47 bits per heavy atom. The molecule has 3 aromatic rings. The zero-order chi connectivity index (χ0) is 21.3. The average molecular weight is 480 g/mol. The van der Waals surface area contributed by atoms with Gasteiger partial charge in [0, 0.05) is 28.7 Å². The molecule has 1 aliphatic heterocycles. The highest BCUT2D eigenvalue weighted by atomic mass is 79.9. The molecule has 9 heteroatoms. The first kappa shape index (κ1) is 20.6. The molecule has 1 aromatic heterocycles. The van der Waals surface area contributed by atoms with Gasteiger partial charge in [0.25, 0.3) is 5.91 Å². The van der Waals surface area contributed by atoms with Crippen molar-refractivity contribution in [2.45, 2.75) is 24.9 Å². The van der Waals surface area contributed by atoms with Crippen LogP contribution in [0.1, 0.15) is 40.6 Å². The van der Waals surface area contributed by atoms with Crippen LogP contribution in [0.5, 0.6) is 0 Å². The molecule has 5 nitrogen and oxygen atoms in total. The summed E-state index contributed by atoms with van der Waals surface area (Å²) >= 11 is 3.38. The molecule has 2 aromatic carbocycles. The summed E-state index contributed by atoms with van der Waals surface area (Å²) in [4.78, 5) is 18.9. The van der Waals surface area contributed by atoms with Crippen molar-refractivity contribution < 1.29 is 22.5 Å². The van der Waals surface area contributed by atoms with Gasteiger partial charge in [-0.15, -0.1) is 0 Å². The molecule has 1 saturated heterocycles. The largest absolute Gasteiger partial charge is 0.416 e. The summed E-state index contributed by atoms with van der Waals surface area (Å²) in [5.41, 5.74) is 0.272. The number of rotatable bonds is 3. The van der Waals surface area contributed by atoms with Gasteiger partial charge in [0.15, 0.2) is 0 Å². The summed E-state index contributed by atoms with van der Waals surface area (Å²) in [6.45, 7) is 0.909. The van der Waals surface area contributed by atoms with Crippen molar-refractivity contribution in [2.24, 2.45) is 0 Å². The van der Waals surface area contributed by atoms with Gasteiger partial charge in [-0.1, -0.05) is 21.1 Å². The second-order valence-corrected chi connectivity index (χ2v) is 8.04. The van der Waals surface area contributed by atoms with Crippen molar-refractivity contribution >= 4 is 21.8 Å². The molecule has 1 fully saturated rings. The number of piperidine rings is 1. The topological polar surface area (TPSA) is 59.2 Å². The van der Waals surface area contributed by atoms with Crippen LogP contribution in [-0.2, 0) is 6.18 Å². The highest BCUT2D eigenvalue weighted by molar-refractivity contribution is 9.10. The van der Waals surface area contributed by atoms with Gasteiger partial charge in [0.05, 0.1) is 11.5 Å². The first-order valence-electron chi connectivity index (χ1n) is 9.37. The quantitative estimate of drug-likeness (QED) is 0.494. The van der Waals surface area contributed by atoms with Crippen LogP contribution in [0.25, 0.3) is 11.4 Å². The van der Waals surface area contributed by atoms with E-state index in [9.17, 15) is 18.0 Å². The zero-order valence-electron chi connectivity index (χ0n) is 15.7. The molecule has 1 amide bonds. The fourth-order valence-corrected chi connectivity index (χ4v) is 3.73. The van der Waals surface area contributed by atoms with Crippen molar-refractivity contribution in [1.82, 2.24) is 15.0 Å². The second kappa shape index (κ2) is 8.22. The second-order valence-electron chi connectivity index (χ2n) is 7.13. The fourth-order valence-electron chi connectivity index (χ4n) is 3.46. The minimum atomic E-state index is -4.43. The molecule has 0 aliphatic carbocycles. The van der Waals surface area contributed by atoms with Gasteiger partial charge < -0.3 is 9.42 Å². The molecule has 1 unspecified atom stereocenters. The molecule has 4 rings (SSSR count). The lowest BCUT2D eigenvalue weighted by molar-refractivity contribution is -0.137. The molecular formula is C21H17BrF3N3O2. The van der Waals surface area contributed by atoms with Crippen molar-refractivity contribution in [3.8, 4) is 11.4 Å². The van der Waals surface area contributed by atoms with E-state index in [1.165, 1.54) is 12.1 Å². The van der Waals surface area contributed by atoms with Crippen LogP contribution >= 0.6 is 15.9 Å². The summed E-state index contributed by atoms with van der Waals surface area (Å²) in [6, 6.07) is 11.8. The van der Waals surface area contributed by atoms with Crippen molar-refractivity contribution in [3.05, 3.63) is 70.0 Å². The van der Waals surface area contributed by atoms with Crippen molar-refractivity contribution in [3.63, 3.8) is 0 Å². The first-order chi connectivity index (χ1) is 14.3. The number of aromatic nitrogens is 2. The number of benzene rings is 2. The third-order valence-electron chi connectivity index (χ3n) is 5.06. The lowest BCUT2D eigenvalue weighted by Gasteiger charge is -2.31. The third kappa shape index (κ3) is 4.40. The summed E-state index contributed by atoms with van der Waals surface area (Å²) in [7, 11) is 0. The maximum Gasteiger partial charge on any atom is 0.416 e. The van der Waals surface area contributed by atoms with E-state index in [0.29, 0.717) is 24.8 Å². The third-order valence-corrected chi connectivity index (χ3v) is 5.59. The maximum absolute atomic E-state index is 12.8. The molecule has 0 radical (unpaired) electrons. The lowest BCUT2D eigenvalue weighted by atomic mass is 9.97. The van der Waals surface area contributed by atoms with Crippen LogP contribution in [0.3, 0.4) is 0 Å². The molecule has 0 bridgehead atoms. The Bertz CT molecular complexity index is 1030.